The molecule has 0 amide bonds. The number of nitrogens with two attached hydrogens (primary N) is 1. The van der Waals surface area contributed by atoms with E-state index in [1.807, 2.05) is 18.2 Å². The summed E-state index contributed by atoms with van der Waals surface area (Å²) in [4.78, 5) is 12.1. The van der Waals surface area contributed by atoms with Crippen LogP contribution in [0.25, 0.3) is 0 Å². The van der Waals surface area contributed by atoms with Gasteiger partial charge in [0.25, 0.3) is 0 Å². The summed E-state index contributed by atoms with van der Waals surface area (Å²) in [6.07, 6.45) is 7.44. The topological polar surface area (TPSA) is 64.7 Å². The summed E-state index contributed by atoms with van der Waals surface area (Å²) in [5.74, 6) is 0. The van der Waals surface area contributed by atoms with E-state index in [0.717, 1.165) is 11.3 Å². The predicted molar refractivity (Wildman–Crippen MR) is 56.9 cm³/mol. The maximum atomic E-state index is 6.01. The Morgan fingerprint density at radius 1 is 1.20 bits per heavy atom. The molecule has 0 saturated carbocycles. The lowest BCUT2D eigenvalue weighted by Gasteiger charge is -2.09. The van der Waals surface area contributed by atoms with Crippen LogP contribution in [0.3, 0.4) is 0 Å². The molecule has 0 spiro atoms. The lowest BCUT2D eigenvalue weighted by Crippen LogP contribution is -2.14. The molecule has 2 N–H and O–H groups in total. The van der Waals surface area contributed by atoms with E-state index in [1.54, 1.807) is 18.6 Å². The fourth-order valence-corrected chi connectivity index (χ4v) is 1.36. The van der Waals surface area contributed by atoms with Gasteiger partial charge in [-0.3, -0.25) is 4.98 Å². The summed E-state index contributed by atoms with van der Waals surface area (Å²) in [5, 5.41) is 0. The third-order valence-electron chi connectivity index (χ3n) is 2.16. The molecule has 0 aliphatic rings. The van der Waals surface area contributed by atoms with Crippen LogP contribution in [0.15, 0.2) is 43.1 Å². The SMILES string of the molecule is NC(Cc1ccccn1)c1cncnc1. The van der Waals surface area contributed by atoms with Gasteiger partial charge in [-0.05, 0) is 12.1 Å². The fraction of sp³-hybridized carbons (Fsp3) is 0.182. The average molecular weight is 200 g/mol. The molecule has 0 radical (unpaired) electrons. The predicted octanol–water partition coefficient (Wildman–Crippen LogP) is 1.11. The highest BCUT2D eigenvalue weighted by Crippen LogP contribution is 2.11. The summed E-state index contributed by atoms with van der Waals surface area (Å²) in [7, 11) is 0. The number of nitrogens with zero attached hydrogens (tertiary/aromatic N) is 3. The summed E-state index contributed by atoms with van der Waals surface area (Å²) < 4.78 is 0. The molecule has 2 rings (SSSR count). The lowest BCUT2D eigenvalue weighted by atomic mass is 10.1. The van der Waals surface area contributed by atoms with Crippen molar-refractivity contribution in [2.75, 3.05) is 0 Å². The fourth-order valence-electron chi connectivity index (χ4n) is 1.36. The van der Waals surface area contributed by atoms with Crippen molar-refractivity contribution < 1.29 is 0 Å². The zero-order chi connectivity index (χ0) is 10.5. The molecular weight excluding hydrogens is 188 g/mol. The van der Waals surface area contributed by atoms with Gasteiger partial charge in [0.1, 0.15) is 6.33 Å². The van der Waals surface area contributed by atoms with Crippen LogP contribution in [0.5, 0.6) is 0 Å². The molecule has 76 valence electrons. The first-order chi connectivity index (χ1) is 7.36. The Kier molecular flexibility index (Phi) is 2.99. The van der Waals surface area contributed by atoms with Crippen LogP contribution in [0, 0.1) is 0 Å². The first-order valence-electron chi connectivity index (χ1n) is 4.76. The van der Waals surface area contributed by atoms with Crippen LogP contribution < -0.4 is 5.73 Å². The van der Waals surface area contributed by atoms with Gasteiger partial charge in [-0.15, -0.1) is 0 Å². The van der Waals surface area contributed by atoms with Gasteiger partial charge < -0.3 is 5.73 Å². The van der Waals surface area contributed by atoms with Gasteiger partial charge in [-0.2, -0.15) is 0 Å². The largest absolute Gasteiger partial charge is 0.324 e. The summed E-state index contributed by atoms with van der Waals surface area (Å²) in [6, 6.07) is 5.71. The molecular formula is C11H12N4. The van der Waals surface area contributed by atoms with Crippen molar-refractivity contribution in [1.29, 1.82) is 0 Å². The molecule has 4 heteroatoms. The molecule has 2 heterocycles. The Hall–Kier alpha value is -1.81. The Bertz CT molecular complexity index is 401. The molecule has 2 aromatic heterocycles. The normalized spacial score (nSPS) is 12.3. The van der Waals surface area contributed by atoms with E-state index < -0.39 is 0 Å². The number of pyridine rings is 1. The smallest absolute Gasteiger partial charge is 0.115 e. The number of aromatic nitrogens is 3. The molecule has 1 unspecified atom stereocenters. The third-order valence-corrected chi connectivity index (χ3v) is 2.16. The van der Waals surface area contributed by atoms with Gasteiger partial charge >= 0.3 is 0 Å². The second-order valence-corrected chi connectivity index (χ2v) is 3.30. The zero-order valence-electron chi connectivity index (χ0n) is 8.24. The zero-order valence-corrected chi connectivity index (χ0v) is 8.24. The summed E-state index contributed by atoms with van der Waals surface area (Å²) in [6.45, 7) is 0. The molecule has 0 aliphatic heterocycles. The van der Waals surface area contributed by atoms with Gasteiger partial charge in [0.05, 0.1) is 0 Å². The van der Waals surface area contributed by atoms with Crippen LogP contribution in [0.1, 0.15) is 17.3 Å². The molecule has 15 heavy (non-hydrogen) atoms. The highest BCUT2D eigenvalue weighted by molar-refractivity contribution is 5.13. The van der Waals surface area contributed by atoms with Crippen molar-refractivity contribution >= 4 is 0 Å². The second kappa shape index (κ2) is 4.61. The van der Waals surface area contributed by atoms with Crippen LogP contribution in [0.4, 0.5) is 0 Å². The van der Waals surface area contributed by atoms with E-state index in [2.05, 4.69) is 15.0 Å². The van der Waals surface area contributed by atoms with Gasteiger partial charge in [-0.25, -0.2) is 9.97 Å². The monoisotopic (exact) mass is 200 g/mol. The average Bonchev–Trinajstić information content (AvgIpc) is 2.31. The summed E-state index contributed by atoms with van der Waals surface area (Å²) in [5.41, 5.74) is 7.92. The van der Waals surface area contributed by atoms with E-state index in [-0.39, 0.29) is 6.04 Å². The van der Waals surface area contributed by atoms with Crippen LogP contribution >= 0.6 is 0 Å². The van der Waals surface area contributed by atoms with Gasteiger partial charge in [0.15, 0.2) is 0 Å². The Morgan fingerprint density at radius 3 is 2.67 bits per heavy atom. The highest BCUT2D eigenvalue weighted by Gasteiger charge is 2.07. The molecule has 0 saturated heterocycles. The maximum Gasteiger partial charge on any atom is 0.115 e. The molecule has 0 aliphatic carbocycles. The van der Waals surface area contributed by atoms with Crippen molar-refractivity contribution in [2.45, 2.75) is 12.5 Å². The van der Waals surface area contributed by atoms with E-state index in [9.17, 15) is 0 Å². The van der Waals surface area contributed by atoms with Gasteiger partial charge in [-0.1, -0.05) is 6.07 Å². The minimum absolute atomic E-state index is 0.0962. The van der Waals surface area contributed by atoms with E-state index in [1.165, 1.54) is 6.33 Å². The molecule has 2 aromatic rings. The number of rotatable bonds is 3. The molecule has 1 atom stereocenters. The molecule has 0 aromatic carbocycles. The van der Waals surface area contributed by atoms with Crippen LogP contribution in [0.2, 0.25) is 0 Å². The lowest BCUT2D eigenvalue weighted by molar-refractivity contribution is 0.698. The van der Waals surface area contributed by atoms with E-state index in [0.29, 0.717) is 6.42 Å². The highest BCUT2D eigenvalue weighted by atomic mass is 14.8. The van der Waals surface area contributed by atoms with Crippen molar-refractivity contribution in [3.05, 3.63) is 54.4 Å². The Balaban J connectivity index is 2.08. The first kappa shape index (κ1) is 9.73. The third kappa shape index (κ3) is 2.57. The van der Waals surface area contributed by atoms with E-state index in [4.69, 9.17) is 5.73 Å². The van der Waals surface area contributed by atoms with Crippen LogP contribution in [-0.4, -0.2) is 15.0 Å². The number of hydrogen-bond donors (Lipinski definition) is 1. The number of hydrogen-bond acceptors (Lipinski definition) is 4. The molecule has 0 bridgehead atoms. The standard InChI is InChI=1S/C11H12N4/c12-11(9-6-13-8-14-7-9)5-10-3-1-2-4-15-10/h1-4,6-8,11H,5,12H2. The van der Waals surface area contributed by atoms with Crippen molar-refractivity contribution in [3.63, 3.8) is 0 Å². The minimum Gasteiger partial charge on any atom is -0.324 e. The maximum absolute atomic E-state index is 6.01. The van der Waals surface area contributed by atoms with Crippen molar-refractivity contribution in [2.24, 2.45) is 5.73 Å². The van der Waals surface area contributed by atoms with Crippen molar-refractivity contribution in [1.82, 2.24) is 15.0 Å². The van der Waals surface area contributed by atoms with E-state index >= 15 is 0 Å². The minimum atomic E-state index is -0.0962. The quantitative estimate of drug-likeness (QED) is 0.806. The Labute approximate surface area is 88.2 Å². The molecule has 4 nitrogen and oxygen atoms in total. The first-order valence-corrected chi connectivity index (χ1v) is 4.76. The van der Waals surface area contributed by atoms with Crippen LogP contribution in [-0.2, 0) is 6.42 Å². The Morgan fingerprint density at radius 2 is 2.00 bits per heavy atom. The van der Waals surface area contributed by atoms with Crippen molar-refractivity contribution in [3.8, 4) is 0 Å². The summed E-state index contributed by atoms with van der Waals surface area (Å²) >= 11 is 0. The molecule has 0 fully saturated rings. The van der Waals surface area contributed by atoms with Gasteiger partial charge in [0, 0.05) is 42.3 Å². The van der Waals surface area contributed by atoms with Gasteiger partial charge in [0.2, 0.25) is 0 Å². The second-order valence-electron chi connectivity index (χ2n) is 3.30.